The lowest BCUT2D eigenvalue weighted by molar-refractivity contribution is -0.143. The zero-order valence-corrected chi connectivity index (χ0v) is 14.8. The van der Waals surface area contributed by atoms with Crippen molar-refractivity contribution >= 4 is 12.2 Å². The predicted octanol–water partition coefficient (Wildman–Crippen LogP) is 5.40. The van der Waals surface area contributed by atoms with E-state index in [0.717, 1.165) is 6.08 Å². The Morgan fingerprint density at radius 1 is 0.966 bits per heavy atom. The maximum atomic E-state index is 13.0. The highest BCUT2D eigenvalue weighted by atomic mass is 19.4. The predicted molar refractivity (Wildman–Crippen MR) is 94.7 cm³/mol. The first-order chi connectivity index (χ1) is 13.4. The lowest BCUT2D eigenvalue weighted by Gasteiger charge is -2.21. The number of halogens is 6. The maximum absolute atomic E-state index is 13.0. The van der Waals surface area contributed by atoms with Crippen molar-refractivity contribution in [2.24, 2.45) is 4.99 Å². The topological polar surface area (TPSA) is 49.7 Å². The molecule has 0 saturated heterocycles. The molecule has 154 valence electrons. The molecule has 1 N–H and O–H groups in total. The van der Waals surface area contributed by atoms with Crippen LogP contribution in [0.4, 0.5) is 26.3 Å². The average molecular weight is 415 g/mol. The van der Waals surface area contributed by atoms with Crippen molar-refractivity contribution in [1.82, 2.24) is 0 Å². The molecule has 0 fully saturated rings. The average Bonchev–Trinajstić information content (AvgIpc) is 2.64. The number of hydrogen-bond acceptors (Lipinski definition) is 2. The second-order valence-corrected chi connectivity index (χ2v) is 6.19. The van der Waals surface area contributed by atoms with E-state index in [-0.39, 0.29) is 12.5 Å². The first kappa shape index (κ1) is 22.2. The molecule has 1 atom stereocenters. The Kier molecular flexibility index (Phi) is 6.20. The molecule has 2 rings (SSSR count). The van der Waals surface area contributed by atoms with E-state index in [0.29, 0.717) is 23.9 Å². The molecule has 0 heterocycles. The normalized spacial score (nSPS) is 14.6. The molecule has 0 spiro atoms. The minimum Gasteiger partial charge on any atom is -0.479 e. The van der Waals surface area contributed by atoms with Gasteiger partial charge in [0, 0.05) is 12.6 Å². The summed E-state index contributed by atoms with van der Waals surface area (Å²) in [7, 11) is 0. The summed E-state index contributed by atoms with van der Waals surface area (Å²) in [6.45, 7) is 3.42. The summed E-state index contributed by atoms with van der Waals surface area (Å²) in [6.07, 6.45) is -8.55. The smallest absolute Gasteiger partial charge is 0.416 e. The summed E-state index contributed by atoms with van der Waals surface area (Å²) in [6, 6.07) is 9.15. The van der Waals surface area contributed by atoms with E-state index in [1.165, 1.54) is 0 Å². The summed E-state index contributed by atoms with van der Waals surface area (Å²) in [4.78, 5) is 15.6. The summed E-state index contributed by atoms with van der Waals surface area (Å²) < 4.78 is 77.8. The van der Waals surface area contributed by atoms with Crippen LogP contribution in [0.25, 0.3) is 0 Å². The van der Waals surface area contributed by atoms with Gasteiger partial charge in [0.1, 0.15) is 0 Å². The second-order valence-electron chi connectivity index (χ2n) is 6.19. The first-order valence-corrected chi connectivity index (χ1v) is 8.13. The highest BCUT2D eigenvalue weighted by molar-refractivity contribution is 5.88. The fourth-order valence-corrected chi connectivity index (χ4v) is 2.54. The van der Waals surface area contributed by atoms with Crippen LogP contribution in [0.2, 0.25) is 0 Å². The molecule has 0 amide bonds. The van der Waals surface area contributed by atoms with Gasteiger partial charge in [-0.1, -0.05) is 36.4 Å². The lowest BCUT2D eigenvalue weighted by atomic mass is 9.91. The number of benzene rings is 2. The quantitative estimate of drug-likeness (QED) is 0.391. The largest absolute Gasteiger partial charge is 0.479 e. The molecule has 9 heteroatoms. The zero-order valence-electron chi connectivity index (χ0n) is 14.8. The summed E-state index contributed by atoms with van der Waals surface area (Å²) in [5.41, 5.74) is -4.99. The van der Waals surface area contributed by atoms with Crippen molar-refractivity contribution < 1.29 is 36.2 Å². The first-order valence-electron chi connectivity index (χ1n) is 8.13. The number of alkyl halides is 6. The number of aliphatic imine (C=N–C) groups is 1. The van der Waals surface area contributed by atoms with Gasteiger partial charge in [-0.15, -0.1) is 6.58 Å². The molecule has 0 aliphatic rings. The third-order valence-electron chi connectivity index (χ3n) is 4.08. The van der Waals surface area contributed by atoms with Crippen molar-refractivity contribution in [1.29, 1.82) is 0 Å². The van der Waals surface area contributed by atoms with Crippen molar-refractivity contribution in [3.05, 3.63) is 83.4 Å². The van der Waals surface area contributed by atoms with Crippen LogP contribution in [0.5, 0.6) is 0 Å². The minimum atomic E-state index is -5.02. The van der Waals surface area contributed by atoms with E-state index in [4.69, 9.17) is 0 Å². The third-order valence-corrected chi connectivity index (χ3v) is 4.08. The Hall–Kier alpha value is -3.10. The molecular formula is C20H15F6NO2. The van der Waals surface area contributed by atoms with Gasteiger partial charge in [-0.2, -0.15) is 26.3 Å². The lowest BCUT2D eigenvalue weighted by Crippen LogP contribution is -2.37. The van der Waals surface area contributed by atoms with Gasteiger partial charge in [0.2, 0.25) is 0 Å². The van der Waals surface area contributed by atoms with E-state index in [1.807, 2.05) is 0 Å². The molecular weight excluding hydrogens is 400 g/mol. The number of rotatable bonds is 6. The Morgan fingerprint density at radius 3 is 1.90 bits per heavy atom. The second kappa shape index (κ2) is 8.10. The minimum absolute atomic E-state index is 0.0146. The molecule has 0 saturated carbocycles. The number of carbonyl (C=O) groups is 1. The van der Waals surface area contributed by atoms with Crippen LogP contribution in [-0.2, 0) is 23.6 Å². The SMILES string of the molecule is C=C[C@](Cc1ccccc1)(N=Cc1cc(C(F)(F)F)cc(C(F)(F)F)c1)C(=O)O. The highest BCUT2D eigenvalue weighted by Gasteiger charge is 2.37. The van der Waals surface area contributed by atoms with Gasteiger partial charge in [-0.05, 0) is 29.3 Å². The number of carboxylic acid groups (broad SMARTS) is 1. The molecule has 2 aromatic rings. The van der Waals surface area contributed by atoms with Crippen LogP contribution < -0.4 is 0 Å². The van der Waals surface area contributed by atoms with Gasteiger partial charge in [0.05, 0.1) is 11.1 Å². The zero-order chi connectivity index (χ0) is 21.9. The molecule has 0 bridgehead atoms. The Balaban J connectivity index is 2.52. The molecule has 0 aliphatic carbocycles. The van der Waals surface area contributed by atoms with E-state index in [2.05, 4.69) is 11.6 Å². The van der Waals surface area contributed by atoms with Crippen molar-refractivity contribution in [2.45, 2.75) is 24.3 Å². The van der Waals surface area contributed by atoms with Crippen LogP contribution in [0, 0.1) is 0 Å². The van der Waals surface area contributed by atoms with Crippen LogP contribution in [-0.4, -0.2) is 22.8 Å². The van der Waals surface area contributed by atoms with Gasteiger partial charge in [-0.3, -0.25) is 4.99 Å². The number of hydrogen-bond donors (Lipinski definition) is 1. The van der Waals surface area contributed by atoms with Crippen LogP contribution in [0.15, 0.2) is 66.2 Å². The van der Waals surface area contributed by atoms with Crippen molar-refractivity contribution in [3.63, 3.8) is 0 Å². The van der Waals surface area contributed by atoms with E-state index in [1.54, 1.807) is 30.3 Å². The number of carboxylic acids is 1. The highest BCUT2D eigenvalue weighted by Crippen LogP contribution is 2.36. The standard InChI is InChI=1S/C20H15F6NO2/c1-2-18(17(28)29,11-13-6-4-3-5-7-13)27-12-14-8-15(19(21,22)23)10-16(9-14)20(24,25)26/h2-10,12H,1,11H2,(H,28,29)/t18-/m1/s1. The fraction of sp³-hybridized carbons (Fsp3) is 0.200. The molecule has 29 heavy (non-hydrogen) atoms. The third kappa shape index (κ3) is 5.46. The summed E-state index contributed by atoms with van der Waals surface area (Å²) >= 11 is 0. The summed E-state index contributed by atoms with van der Waals surface area (Å²) in [5, 5.41) is 9.59. The van der Waals surface area contributed by atoms with Crippen LogP contribution in [0.3, 0.4) is 0 Å². The summed E-state index contributed by atoms with van der Waals surface area (Å²) in [5.74, 6) is -1.45. The van der Waals surface area contributed by atoms with Crippen molar-refractivity contribution in [2.75, 3.05) is 0 Å². The molecule has 0 radical (unpaired) electrons. The maximum Gasteiger partial charge on any atom is 0.416 e. The number of aliphatic carboxylic acids is 1. The van der Waals surface area contributed by atoms with E-state index in [9.17, 15) is 36.2 Å². The van der Waals surface area contributed by atoms with Gasteiger partial charge in [0.25, 0.3) is 0 Å². The molecule has 0 aliphatic heterocycles. The van der Waals surface area contributed by atoms with E-state index >= 15 is 0 Å². The molecule has 0 aromatic heterocycles. The van der Waals surface area contributed by atoms with Gasteiger partial charge >= 0.3 is 18.3 Å². The molecule has 2 aromatic carbocycles. The van der Waals surface area contributed by atoms with Crippen LogP contribution >= 0.6 is 0 Å². The number of nitrogens with zero attached hydrogens (tertiary/aromatic N) is 1. The van der Waals surface area contributed by atoms with Gasteiger partial charge in [0.15, 0.2) is 5.54 Å². The Bertz CT molecular complexity index is 887. The molecule has 3 nitrogen and oxygen atoms in total. The Labute approximate surface area is 162 Å². The van der Waals surface area contributed by atoms with Crippen molar-refractivity contribution in [3.8, 4) is 0 Å². The fourth-order valence-electron chi connectivity index (χ4n) is 2.54. The monoisotopic (exact) mass is 415 g/mol. The van der Waals surface area contributed by atoms with Crippen LogP contribution in [0.1, 0.15) is 22.3 Å². The molecule has 0 unspecified atom stereocenters. The van der Waals surface area contributed by atoms with Gasteiger partial charge in [-0.25, -0.2) is 4.79 Å². The van der Waals surface area contributed by atoms with Gasteiger partial charge < -0.3 is 5.11 Å². The van der Waals surface area contributed by atoms with E-state index < -0.39 is 40.6 Å². The Morgan fingerprint density at radius 2 is 1.48 bits per heavy atom.